The Morgan fingerprint density at radius 1 is 1.05 bits per heavy atom. The monoisotopic (exact) mass is 611 g/mol. The highest BCUT2D eigenvalue weighted by Crippen LogP contribution is 2.39. The van der Waals surface area contributed by atoms with Gasteiger partial charge in [0.15, 0.2) is 5.79 Å². The number of methoxy groups -OCH3 is 2. The molecule has 2 N–H and O–H groups in total. The zero-order chi connectivity index (χ0) is 31.4. The number of pyridine rings is 1. The fourth-order valence-corrected chi connectivity index (χ4v) is 6.05. The molecule has 2 aromatic heterocycles. The minimum Gasteiger partial charge on any atom is -0.497 e. The lowest BCUT2D eigenvalue weighted by Gasteiger charge is -2.17. The average Bonchev–Trinajstić information content (AvgIpc) is 3.58. The van der Waals surface area contributed by atoms with Crippen LogP contribution >= 0.6 is 11.8 Å². The van der Waals surface area contributed by atoms with Crippen molar-refractivity contribution < 1.29 is 23.4 Å². The number of nitrogens with zero attached hydrogens (tertiary/aromatic N) is 4. The largest absolute Gasteiger partial charge is 0.497 e. The van der Waals surface area contributed by atoms with Crippen molar-refractivity contribution in [2.75, 3.05) is 26.6 Å². The van der Waals surface area contributed by atoms with Crippen LogP contribution in [0.1, 0.15) is 48.4 Å². The van der Waals surface area contributed by atoms with Gasteiger partial charge in [0.25, 0.3) is 0 Å². The average molecular weight is 612 g/mol. The zero-order valence-electron chi connectivity index (χ0n) is 25.3. The van der Waals surface area contributed by atoms with Gasteiger partial charge in [-0.3, -0.25) is 0 Å². The summed E-state index contributed by atoms with van der Waals surface area (Å²) in [6, 6.07) is 17.6. The van der Waals surface area contributed by atoms with Crippen LogP contribution in [-0.2, 0) is 21.6 Å². The van der Waals surface area contributed by atoms with Crippen LogP contribution in [0.5, 0.6) is 11.5 Å². The van der Waals surface area contributed by atoms with Crippen LogP contribution in [0.25, 0.3) is 22.6 Å². The molecule has 0 radical (unpaired) electrons. The number of aryl methyl sites for hydroxylation is 2. The number of oxazole rings is 1. The molecular formula is C33H33N5O5S. The molecule has 1 aliphatic heterocycles. The summed E-state index contributed by atoms with van der Waals surface area (Å²) >= 11 is 1.31. The summed E-state index contributed by atoms with van der Waals surface area (Å²) in [6.45, 7) is 6.23. The van der Waals surface area contributed by atoms with Gasteiger partial charge in [0.1, 0.15) is 45.8 Å². The molecule has 1 saturated heterocycles. The summed E-state index contributed by atoms with van der Waals surface area (Å²) in [5, 5.41) is 20.6. The fraction of sp³-hybridized carbons (Fsp3) is 0.333. The Morgan fingerprint density at radius 3 is 2.43 bits per heavy atom. The molecule has 1 aliphatic rings. The van der Waals surface area contributed by atoms with Crippen molar-refractivity contribution in [1.29, 1.82) is 10.5 Å². The van der Waals surface area contributed by atoms with E-state index in [9.17, 15) is 10.5 Å². The molecular weight excluding hydrogens is 578 g/mol. The molecule has 1 fully saturated rings. The van der Waals surface area contributed by atoms with Crippen molar-refractivity contribution in [2.45, 2.75) is 56.3 Å². The van der Waals surface area contributed by atoms with Crippen LogP contribution in [-0.4, -0.2) is 42.7 Å². The van der Waals surface area contributed by atoms with Crippen LogP contribution in [0.3, 0.4) is 0 Å². The summed E-state index contributed by atoms with van der Waals surface area (Å²) in [5.41, 5.74) is 10.3. The molecule has 5 rings (SSSR count). The molecule has 0 unspecified atom stereocenters. The van der Waals surface area contributed by atoms with Gasteiger partial charge in [0.2, 0.25) is 5.89 Å². The molecule has 0 saturated carbocycles. The maximum atomic E-state index is 10.2. The van der Waals surface area contributed by atoms with Crippen molar-refractivity contribution in [1.82, 2.24) is 9.97 Å². The van der Waals surface area contributed by atoms with E-state index in [-0.39, 0.29) is 23.0 Å². The smallest absolute Gasteiger partial charge is 0.230 e. The SMILES string of the molecule is COc1ccc(OC)c(-c2nc(CSc3nc(N)c(C#N)c(-c4ccc(CC[C@@H]5COC(C)(C)O5)cc4)c3C#N)c(C)o2)c1. The van der Waals surface area contributed by atoms with Gasteiger partial charge >= 0.3 is 0 Å². The van der Waals surface area contributed by atoms with E-state index in [1.807, 2.05) is 45.0 Å². The number of benzene rings is 2. The Balaban J connectivity index is 1.39. The molecule has 0 amide bonds. The van der Waals surface area contributed by atoms with Gasteiger partial charge in [-0.25, -0.2) is 9.97 Å². The molecule has 0 aliphatic carbocycles. The molecule has 10 nitrogen and oxygen atoms in total. The quantitative estimate of drug-likeness (QED) is 0.198. The Labute approximate surface area is 260 Å². The highest BCUT2D eigenvalue weighted by molar-refractivity contribution is 7.98. The Hall–Kier alpha value is -4.55. The second-order valence-electron chi connectivity index (χ2n) is 10.7. The van der Waals surface area contributed by atoms with Gasteiger partial charge < -0.3 is 29.1 Å². The summed E-state index contributed by atoms with van der Waals surface area (Å²) in [7, 11) is 3.16. The van der Waals surface area contributed by atoms with Crippen molar-refractivity contribution in [3.05, 3.63) is 70.6 Å². The van der Waals surface area contributed by atoms with E-state index >= 15 is 0 Å². The van der Waals surface area contributed by atoms with Gasteiger partial charge in [-0.1, -0.05) is 36.0 Å². The summed E-state index contributed by atoms with van der Waals surface area (Å²) in [4.78, 5) is 9.14. The van der Waals surface area contributed by atoms with Crippen LogP contribution in [0.2, 0.25) is 0 Å². The predicted octanol–water partition coefficient (Wildman–Crippen LogP) is 6.43. The first-order valence-electron chi connectivity index (χ1n) is 14.0. The van der Waals surface area contributed by atoms with Crippen molar-refractivity contribution >= 4 is 17.6 Å². The summed E-state index contributed by atoms with van der Waals surface area (Å²) < 4.78 is 28.4. The molecule has 44 heavy (non-hydrogen) atoms. The summed E-state index contributed by atoms with van der Waals surface area (Å²) in [6.07, 6.45) is 1.68. The van der Waals surface area contributed by atoms with Crippen molar-refractivity contribution in [3.8, 4) is 46.2 Å². The van der Waals surface area contributed by atoms with Crippen LogP contribution in [0.4, 0.5) is 5.82 Å². The number of ether oxygens (including phenoxy) is 4. The molecule has 2 aromatic carbocycles. The van der Waals surface area contributed by atoms with Crippen molar-refractivity contribution in [2.24, 2.45) is 0 Å². The first-order chi connectivity index (χ1) is 21.2. The second-order valence-corrected chi connectivity index (χ2v) is 11.7. The Bertz CT molecular complexity index is 1750. The van der Waals surface area contributed by atoms with Crippen LogP contribution in [0, 0.1) is 29.6 Å². The molecule has 0 spiro atoms. The van der Waals surface area contributed by atoms with Gasteiger partial charge in [-0.2, -0.15) is 10.5 Å². The summed E-state index contributed by atoms with van der Waals surface area (Å²) in [5.74, 6) is 2.12. The lowest BCUT2D eigenvalue weighted by atomic mass is 9.95. The van der Waals surface area contributed by atoms with E-state index in [0.717, 1.165) is 18.4 Å². The number of rotatable bonds is 10. The minimum absolute atomic E-state index is 0.0432. The van der Waals surface area contributed by atoms with Crippen molar-refractivity contribution in [3.63, 3.8) is 0 Å². The van der Waals surface area contributed by atoms with Gasteiger partial charge in [0.05, 0.1) is 43.8 Å². The molecule has 0 bridgehead atoms. The van der Waals surface area contributed by atoms with E-state index in [0.29, 0.717) is 62.9 Å². The third kappa shape index (κ3) is 6.51. The number of aromatic nitrogens is 2. The van der Waals surface area contributed by atoms with E-state index in [2.05, 4.69) is 17.1 Å². The normalized spacial score (nSPS) is 15.5. The second kappa shape index (κ2) is 13.0. The molecule has 11 heteroatoms. The molecule has 3 heterocycles. The lowest BCUT2D eigenvalue weighted by molar-refractivity contribution is -0.138. The van der Waals surface area contributed by atoms with Gasteiger partial charge in [0, 0.05) is 11.3 Å². The first-order valence-corrected chi connectivity index (χ1v) is 15.0. The van der Waals surface area contributed by atoms with Gasteiger partial charge in [-0.15, -0.1) is 0 Å². The van der Waals surface area contributed by atoms with E-state index in [4.69, 9.17) is 34.1 Å². The van der Waals surface area contributed by atoms with E-state index < -0.39 is 5.79 Å². The number of hydrogen-bond acceptors (Lipinski definition) is 11. The van der Waals surface area contributed by atoms with Gasteiger partial charge in [-0.05, 0) is 62.9 Å². The number of anilines is 1. The minimum atomic E-state index is -0.550. The Morgan fingerprint density at radius 2 is 1.80 bits per heavy atom. The first kappa shape index (κ1) is 30.9. The molecule has 226 valence electrons. The fourth-order valence-electron chi connectivity index (χ4n) is 5.06. The highest BCUT2D eigenvalue weighted by Gasteiger charge is 2.32. The number of hydrogen-bond donors (Lipinski definition) is 1. The molecule has 4 aromatic rings. The number of nitriles is 2. The van der Waals surface area contributed by atoms with Crippen LogP contribution in [0.15, 0.2) is 51.9 Å². The third-order valence-corrected chi connectivity index (χ3v) is 8.34. The lowest BCUT2D eigenvalue weighted by Crippen LogP contribution is -2.21. The molecule has 1 atom stereocenters. The number of nitrogens with two attached hydrogens (primary N) is 1. The zero-order valence-corrected chi connectivity index (χ0v) is 26.1. The number of thioether (sulfide) groups is 1. The van der Waals surface area contributed by atoms with E-state index in [1.165, 1.54) is 11.8 Å². The number of nitrogen functional groups attached to an aromatic ring is 1. The highest BCUT2D eigenvalue weighted by atomic mass is 32.2. The maximum absolute atomic E-state index is 10.2. The maximum Gasteiger partial charge on any atom is 0.230 e. The topological polar surface area (TPSA) is 149 Å². The third-order valence-electron chi connectivity index (χ3n) is 7.36. The van der Waals surface area contributed by atoms with E-state index in [1.54, 1.807) is 32.4 Å². The Kier molecular flexibility index (Phi) is 9.12. The predicted molar refractivity (Wildman–Crippen MR) is 166 cm³/mol. The van der Waals surface area contributed by atoms with Crippen LogP contribution < -0.4 is 15.2 Å². The standard InChI is InChI=1S/C33H33N5O5S/c1-19-27(37-31(42-19)24-14-22(39-4)12-13-28(24)40-5)18-44-32-26(16-35)29(25(15-34)30(36)38-32)21-9-6-20(7-10-21)8-11-23-17-41-33(2,3)43-23/h6-7,9-10,12-14,23H,8,11,17-18H2,1-5H3,(H2,36,38)/t23-/m1/s1.